The van der Waals surface area contributed by atoms with E-state index in [0.717, 1.165) is 16.7 Å². The van der Waals surface area contributed by atoms with Gasteiger partial charge in [0, 0.05) is 25.1 Å². The molecule has 12 heteroatoms. The third-order valence-electron chi connectivity index (χ3n) is 8.96. The van der Waals surface area contributed by atoms with Crippen molar-refractivity contribution in [1.82, 2.24) is 9.55 Å². The highest BCUT2D eigenvalue weighted by Gasteiger charge is 2.48. The van der Waals surface area contributed by atoms with Crippen LogP contribution >= 0.6 is 0 Å². The summed E-state index contributed by atoms with van der Waals surface area (Å²) in [5.41, 5.74) is 2.18. The Kier molecular flexibility index (Phi) is 12.3. The minimum Gasteiger partial charge on any atom is -0.460 e. The molecular weight excluding hydrogens is 656 g/mol. The van der Waals surface area contributed by atoms with Crippen LogP contribution in [0.2, 0.25) is 0 Å². The van der Waals surface area contributed by atoms with E-state index >= 15 is 0 Å². The number of aromatic amines is 1. The Labute approximate surface area is 296 Å². The number of nitrogens with one attached hydrogen (secondary N) is 1. The first-order valence-corrected chi connectivity index (χ1v) is 17.1. The summed E-state index contributed by atoms with van der Waals surface area (Å²) in [5.74, 6) is -0.501. The first-order valence-electron chi connectivity index (χ1n) is 17.1. The van der Waals surface area contributed by atoms with Crippen LogP contribution in [0.15, 0.2) is 107 Å². The summed E-state index contributed by atoms with van der Waals surface area (Å²) in [5, 5.41) is 0. The van der Waals surface area contributed by atoms with Crippen molar-refractivity contribution in [2.45, 2.75) is 96.2 Å². The molecule has 2 aliphatic heterocycles. The van der Waals surface area contributed by atoms with Gasteiger partial charge < -0.3 is 33.2 Å². The molecule has 270 valence electrons. The van der Waals surface area contributed by atoms with E-state index in [0.29, 0.717) is 18.8 Å². The van der Waals surface area contributed by atoms with E-state index in [2.05, 4.69) is 4.98 Å². The maximum absolute atomic E-state index is 12.7. The number of carbonyl (C=O) groups excluding carboxylic acids is 1. The highest BCUT2D eigenvalue weighted by molar-refractivity contribution is 5.66. The number of hydrogen-bond acceptors (Lipinski definition) is 10. The zero-order chi connectivity index (χ0) is 35.7. The Balaban J connectivity index is 1.25. The van der Waals surface area contributed by atoms with Crippen molar-refractivity contribution in [1.29, 1.82) is 0 Å². The molecule has 2 fully saturated rings. The summed E-state index contributed by atoms with van der Waals surface area (Å²) in [4.78, 5) is 39.1. The molecule has 0 radical (unpaired) electrons. The predicted octanol–water partition coefficient (Wildman–Crippen LogP) is 4.58. The zero-order valence-corrected chi connectivity index (χ0v) is 28.9. The van der Waals surface area contributed by atoms with Crippen molar-refractivity contribution in [3.63, 3.8) is 0 Å². The fourth-order valence-corrected chi connectivity index (χ4v) is 6.35. The van der Waals surface area contributed by atoms with Crippen LogP contribution in [0.1, 0.15) is 48.8 Å². The highest BCUT2D eigenvalue weighted by atomic mass is 16.7. The molecule has 2 aliphatic rings. The molecule has 2 saturated heterocycles. The standard InChI is InChI=1S/C39H44N2O10/c1-25-20-41(39(44)40-37(25)43)33-19-31(50-27(3)42)32(51-33)24-48-38-36(47-23-30-17-11-6-12-18-30)35(46-22-29-15-9-5-10-16-29)34(26(2)49-38)45-21-28-13-7-4-8-14-28/h4-18,20,26,31-36,38H,19,21-24H2,1-3H3,(H,40,43,44)/t26-,31-,32+,33+,34-,35+,36+,38+/m0/s1. The second kappa shape index (κ2) is 17.2. The summed E-state index contributed by atoms with van der Waals surface area (Å²) < 4.78 is 45.9. The molecule has 0 bridgehead atoms. The van der Waals surface area contributed by atoms with E-state index in [9.17, 15) is 14.4 Å². The molecule has 4 aromatic rings. The molecule has 1 N–H and O–H groups in total. The van der Waals surface area contributed by atoms with E-state index in [-0.39, 0.29) is 19.6 Å². The van der Waals surface area contributed by atoms with E-state index in [1.807, 2.05) is 97.9 Å². The minimum atomic E-state index is -0.931. The van der Waals surface area contributed by atoms with Crippen molar-refractivity contribution in [2.75, 3.05) is 6.61 Å². The number of carbonyl (C=O) groups is 1. The second-order valence-electron chi connectivity index (χ2n) is 12.8. The predicted molar refractivity (Wildman–Crippen MR) is 185 cm³/mol. The van der Waals surface area contributed by atoms with Gasteiger partial charge in [-0.15, -0.1) is 0 Å². The van der Waals surface area contributed by atoms with Crippen LogP contribution in [0, 0.1) is 6.92 Å². The molecule has 12 nitrogen and oxygen atoms in total. The topological polar surface area (TPSA) is 137 Å². The fourth-order valence-electron chi connectivity index (χ4n) is 6.35. The van der Waals surface area contributed by atoms with Crippen molar-refractivity contribution < 1.29 is 38.0 Å². The smallest absolute Gasteiger partial charge is 0.330 e. The monoisotopic (exact) mass is 700 g/mol. The second-order valence-corrected chi connectivity index (χ2v) is 12.8. The van der Waals surface area contributed by atoms with Gasteiger partial charge >= 0.3 is 11.7 Å². The number of benzene rings is 3. The van der Waals surface area contributed by atoms with Gasteiger partial charge in [-0.25, -0.2) is 4.79 Å². The molecule has 6 rings (SSSR count). The number of aromatic nitrogens is 2. The van der Waals surface area contributed by atoms with E-state index in [4.69, 9.17) is 33.2 Å². The molecule has 0 saturated carbocycles. The van der Waals surface area contributed by atoms with E-state index in [1.54, 1.807) is 6.92 Å². The number of H-pyrrole nitrogens is 1. The molecule has 3 heterocycles. The lowest BCUT2D eigenvalue weighted by Crippen LogP contribution is -2.60. The fraction of sp³-hybridized carbons (Fsp3) is 0.410. The zero-order valence-electron chi connectivity index (χ0n) is 28.9. The SMILES string of the molecule is CC(=O)O[C@H]1C[C@H](n2cc(C)c(=O)[nH]c2=O)O[C@@H]1CO[C@@H]1O[C@@H](C)[C@H](OCc2ccccc2)[C@@H](OCc2ccccc2)[C@H]1OCc1ccccc1. The van der Waals surface area contributed by atoms with Crippen LogP contribution in [0.3, 0.4) is 0 Å². The van der Waals surface area contributed by atoms with Crippen molar-refractivity contribution in [3.05, 3.63) is 140 Å². The summed E-state index contributed by atoms with van der Waals surface area (Å²) >= 11 is 0. The molecule has 51 heavy (non-hydrogen) atoms. The van der Waals surface area contributed by atoms with Gasteiger partial charge in [0.25, 0.3) is 5.56 Å². The summed E-state index contributed by atoms with van der Waals surface area (Å²) in [6, 6.07) is 29.5. The normalized spacial score (nSPS) is 26.2. The van der Waals surface area contributed by atoms with Gasteiger partial charge in [0.05, 0.1) is 32.5 Å². The average Bonchev–Trinajstić information content (AvgIpc) is 3.52. The van der Waals surface area contributed by atoms with Gasteiger partial charge in [0.2, 0.25) is 0 Å². The Bertz CT molecular complexity index is 1820. The molecule has 0 amide bonds. The average molecular weight is 701 g/mol. The van der Waals surface area contributed by atoms with Gasteiger partial charge in [-0.3, -0.25) is 19.1 Å². The van der Waals surface area contributed by atoms with Gasteiger partial charge in [-0.05, 0) is 30.5 Å². The number of aryl methyl sites for hydroxylation is 1. The maximum Gasteiger partial charge on any atom is 0.330 e. The lowest BCUT2D eigenvalue weighted by molar-refractivity contribution is -0.324. The molecule has 1 aromatic heterocycles. The number of hydrogen-bond donors (Lipinski definition) is 1. The van der Waals surface area contributed by atoms with Crippen LogP contribution < -0.4 is 11.2 Å². The Morgan fingerprint density at radius 2 is 1.29 bits per heavy atom. The van der Waals surface area contributed by atoms with Gasteiger partial charge in [0.15, 0.2) is 6.29 Å². The van der Waals surface area contributed by atoms with Crippen LogP contribution in [-0.4, -0.2) is 65.0 Å². The number of rotatable bonds is 14. The summed E-state index contributed by atoms with van der Waals surface area (Å²) in [6.07, 6.45) is -3.98. The quantitative estimate of drug-likeness (QED) is 0.186. The van der Waals surface area contributed by atoms with Crippen LogP contribution in [-0.2, 0) is 57.8 Å². The van der Waals surface area contributed by atoms with Gasteiger partial charge in [0.1, 0.15) is 36.7 Å². The van der Waals surface area contributed by atoms with E-state index < -0.39 is 66.4 Å². The summed E-state index contributed by atoms with van der Waals surface area (Å²) in [7, 11) is 0. The maximum atomic E-state index is 12.7. The van der Waals surface area contributed by atoms with E-state index in [1.165, 1.54) is 17.7 Å². The minimum absolute atomic E-state index is 0.0605. The molecule has 0 aliphatic carbocycles. The third-order valence-corrected chi connectivity index (χ3v) is 8.96. The van der Waals surface area contributed by atoms with Gasteiger partial charge in [-0.2, -0.15) is 0 Å². The Hall–Kier alpha value is -4.43. The number of nitrogens with zero attached hydrogens (tertiary/aromatic N) is 1. The largest absolute Gasteiger partial charge is 0.460 e. The van der Waals surface area contributed by atoms with Crippen molar-refractivity contribution in [3.8, 4) is 0 Å². The third kappa shape index (κ3) is 9.47. The molecular formula is C39H44N2O10. The van der Waals surface area contributed by atoms with Crippen molar-refractivity contribution in [2.24, 2.45) is 0 Å². The molecule has 0 unspecified atom stereocenters. The van der Waals surface area contributed by atoms with Crippen LogP contribution in [0.25, 0.3) is 0 Å². The first kappa shape index (κ1) is 36.4. The molecule has 3 aromatic carbocycles. The molecule has 0 spiro atoms. The first-order chi connectivity index (χ1) is 24.7. The Morgan fingerprint density at radius 1 is 0.765 bits per heavy atom. The molecule has 8 atom stereocenters. The highest BCUT2D eigenvalue weighted by Crippen LogP contribution is 2.34. The Morgan fingerprint density at radius 3 is 1.84 bits per heavy atom. The number of ether oxygens (including phenoxy) is 7. The van der Waals surface area contributed by atoms with Gasteiger partial charge in [-0.1, -0.05) is 91.0 Å². The lowest BCUT2D eigenvalue weighted by Gasteiger charge is -2.45. The summed E-state index contributed by atoms with van der Waals surface area (Å²) in [6.45, 7) is 5.65. The van der Waals surface area contributed by atoms with Crippen molar-refractivity contribution >= 4 is 5.97 Å². The van der Waals surface area contributed by atoms with Crippen LogP contribution in [0.4, 0.5) is 0 Å². The lowest BCUT2D eigenvalue weighted by atomic mass is 9.98. The van der Waals surface area contributed by atoms with Crippen LogP contribution in [0.5, 0.6) is 0 Å². The number of esters is 1.